The van der Waals surface area contributed by atoms with E-state index in [1.807, 2.05) is 0 Å². The molecule has 0 N–H and O–H groups in total. The molecule has 3 nitrogen and oxygen atoms in total. The first kappa shape index (κ1) is 13.1. The van der Waals surface area contributed by atoms with Gasteiger partial charge in [0.1, 0.15) is 0 Å². The molecule has 0 bridgehead atoms. The number of amides is 1. The van der Waals surface area contributed by atoms with Gasteiger partial charge < -0.3 is 0 Å². The first-order valence-electron chi connectivity index (χ1n) is 4.76. The van der Waals surface area contributed by atoms with Gasteiger partial charge in [-0.2, -0.15) is 0 Å². The van der Waals surface area contributed by atoms with Gasteiger partial charge in [-0.1, -0.05) is 0 Å². The normalized spacial score (nSPS) is 10.4. The Balaban J connectivity index is 3.61. The molecule has 0 aliphatic carbocycles. The second-order valence-electron chi connectivity index (χ2n) is 2.92. The first-order chi connectivity index (χ1) is 6.72. The van der Waals surface area contributed by atoms with Crippen LogP contribution in [0.2, 0.25) is 0 Å². The Kier molecular flexibility index (Phi) is 8.14. The molecule has 1 amide bonds. The van der Waals surface area contributed by atoms with E-state index in [0.717, 1.165) is 13.0 Å². The van der Waals surface area contributed by atoms with Crippen LogP contribution in [-0.2, 0) is 9.53 Å². The van der Waals surface area contributed by atoms with E-state index in [1.165, 1.54) is 18.1 Å². The summed E-state index contributed by atoms with van der Waals surface area (Å²) < 4.78 is 5.26. The van der Waals surface area contributed by atoms with E-state index in [4.69, 9.17) is 12.2 Å². The van der Waals surface area contributed by atoms with Crippen LogP contribution in [-0.4, -0.2) is 51.1 Å². The molecule has 4 heteroatoms. The van der Waals surface area contributed by atoms with Crippen molar-refractivity contribution in [3.63, 3.8) is 0 Å². The van der Waals surface area contributed by atoms with Crippen LogP contribution in [0.1, 0.15) is 13.3 Å². The fraction of sp³-hybridized carbons (Fsp3) is 0.600. The average molecular weight is 194 g/mol. The van der Waals surface area contributed by atoms with Gasteiger partial charge in [0.25, 0.3) is 0 Å². The van der Waals surface area contributed by atoms with Crippen LogP contribution in [0.3, 0.4) is 0 Å². The number of nitrogens with zero attached hydrogens (tertiary/aromatic N) is 1. The van der Waals surface area contributed by atoms with Crippen molar-refractivity contribution in [2.24, 2.45) is 0 Å². The van der Waals surface area contributed by atoms with Crippen LogP contribution in [0.4, 0.5) is 0 Å². The summed E-state index contributed by atoms with van der Waals surface area (Å²) in [4.78, 5) is 12.9. The molecule has 0 heterocycles. The van der Waals surface area contributed by atoms with E-state index in [0.29, 0.717) is 13.2 Å². The summed E-state index contributed by atoms with van der Waals surface area (Å²) in [5.74, 6) is 1.27. The van der Waals surface area contributed by atoms with Crippen molar-refractivity contribution in [3.05, 3.63) is 12.2 Å². The molecule has 0 aromatic heterocycles. The van der Waals surface area contributed by atoms with E-state index in [2.05, 4.69) is 6.92 Å². The predicted octanol–water partition coefficient (Wildman–Crippen LogP) is 0.398. The second kappa shape index (κ2) is 8.69. The topological polar surface area (TPSA) is 29.5 Å². The number of allylic oxidation sites excluding steroid dienone is 1. The Bertz CT molecular complexity index is 204. The predicted molar refractivity (Wildman–Crippen MR) is 59.7 cm³/mol. The van der Waals surface area contributed by atoms with Crippen molar-refractivity contribution in [1.82, 2.24) is 4.90 Å². The van der Waals surface area contributed by atoms with Gasteiger partial charge >= 0.3 is 86.1 Å². The summed E-state index contributed by atoms with van der Waals surface area (Å²) in [5, 5.41) is 0. The minimum absolute atomic E-state index is 0.0631. The molecule has 0 spiro atoms. The molecule has 0 saturated heterocycles. The summed E-state index contributed by atoms with van der Waals surface area (Å²) in [6.45, 7) is 3.98. The van der Waals surface area contributed by atoms with Crippen LogP contribution >= 0.6 is 0 Å². The molecular weight excluding hydrogens is 177 g/mol. The molecule has 0 aromatic rings. The zero-order chi connectivity index (χ0) is 10.8. The second-order valence-corrected chi connectivity index (χ2v) is 2.92. The fourth-order valence-electron chi connectivity index (χ4n) is 0.823. The Morgan fingerprint density at radius 2 is 2.21 bits per heavy atom. The van der Waals surface area contributed by atoms with E-state index < -0.39 is 0 Å². The standard InChI is InChI=1S/C10H17BNO2/c1-3-8-14-9-7-12(2)10(13)5-4-6-11/h4-6H,3,7-9H2,1-2H3/b5-4-. The molecule has 1 radical (unpaired) electrons. The van der Waals surface area contributed by atoms with Gasteiger partial charge in [-0.05, 0) is 0 Å². The van der Waals surface area contributed by atoms with E-state index in [9.17, 15) is 4.79 Å². The van der Waals surface area contributed by atoms with Gasteiger partial charge in [-0.3, -0.25) is 0 Å². The van der Waals surface area contributed by atoms with Gasteiger partial charge in [0.05, 0.1) is 0 Å². The zero-order valence-corrected chi connectivity index (χ0v) is 8.90. The minimum atomic E-state index is -0.0631. The number of carbonyl (C=O) groups excluding carboxylic acids is 1. The molecule has 0 unspecified atom stereocenters. The molecular formula is C10H17BNO2. The summed E-state index contributed by atoms with van der Waals surface area (Å²) in [6.07, 6.45) is 3.95. The van der Waals surface area contributed by atoms with Gasteiger partial charge in [0, 0.05) is 0 Å². The van der Waals surface area contributed by atoms with E-state index >= 15 is 0 Å². The van der Waals surface area contributed by atoms with Crippen LogP contribution in [0, 0.1) is 0 Å². The Hall–Kier alpha value is -0.895. The third-order valence-electron chi connectivity index (χ3n) is 1.65. The summed E-state index contributed by atoms with van der Waals surface area (Å²) in [6, 6.07) is 0. The Labute approximate surface area is 86.8 Å². The Morgan fingerprint density at radius 3 is 2.79 bits per heavy atom. The number of ether oxygens (including phenoxy) is 1. The van der Waals surface area contributed by atoms with Crippen molar-refractivity contribution in [3.8, 4) is 0 Å². The number of hydrogen-bond donors (Lipinski definition) is 0. The third kappa shape index (κ3) is 6.60. The molecule has 0 aliphatic rings. The van der Waals surface area contributed by atoms with Gasteiger partial charge in [-0.25, -0.2) is 0 Å². The van der Waals surface area contributed by atoms with Crippen LogP contribution in [0.5, 0.6) is 0 Å². The molecule has 0 fully saturated rings. The molecule has 0 saturated carbocycles. The molecule has 14 heavy (non-hydrogen) atoms. The monoisotopic (exact) mass is 194 g/mol. The third-order valence-corrected chi connectivity index (χ3v) is 1.65. The van der Waals surface area contributed by atoms with Crippen molar-refractivity contribution in [2.75, 3.05) is 26.8 Å². The van der Waals surface area contributed by atoms with Gasteiger partial charge in [-0.15, -0.1) is 0 Å². The van der Waals surface area contributed by atoms with Crippen molar-refractivity contribution in [1.29, 1.82) is 0 Å². The number of hydrogen-bond acceptors (Lipinski definition) is 2. The van der Waals surface area contributed by atoms with Crippen molar-refractivity contribution < 1.29 is 9.53 Å². The molecule has 77 valence electrons. The van der Waals surface area contributed by atoms with Gasteiger partial charge in [0.2, 0.25) is 0 Å². The quantitative estimate of drug-likeness (QED) is 0.333. The SMILES string of the molecule is [B]=C/C=C\C(=O)N(C)CCOCCC. The van der Waals surface area contributed by atoms with Crippen molar-refractivity contribution >= 4 is 19.4 Å². The van der Waals surface area contributed by atoms with E-state index in [1.54, 1.807) is 11.9 Å². The maximum absolute atomic E-state index is 11.3. The zero-order valence-electron chi connectivity index (χ0n) is 8.90. The number of rotatable bonds is 7. The van der Waals surface area contributed by atoms with Crippen LogP contribution < -0.4 is 0 Å². The number of likely N-dealkylation sites (N-methyl/N-ethyl adjacent to an activating group) is 1. The molecule has 0 aliphatic heterocycles. The summed E-state index contributed by atoms with van der Waals surface area (Å²) >= 11 is 0. The van der Waals surface area contributed by atoms with Crippen molar-refractivity contribution in [2.45, 2.75) is 13.3 Å². The number of carbonyl (C=O) groups is 1. The summed E-state index contributed by atoms with van der Waals surface area (Å²) in [5.41, 5.74) is 0. The fourth-order valence-corrected chi connectivity index (χ4v) is 0.823. The molecule has 0 rings (SSSR count). The Morgan fingerprint density at radius 1 is 1.50 bits per heavy atom. The van der Waals surface area contributed by atoms with Crippen LogP contribution in [0.15, 0.2) is 12.2 Å². The average Bonchev–Trinajstić information content (AvgIpc) is 2.20. The molecule has 0 atom stereocenters. The van der Waals surface area contributed by atoms with Gasteiger partial charge in [0.15, 0.2) is 0 Å². The summed E-state index contributed by atoms with van der Waals surface area (Å²) in [7, 11) is 6.84. The molecule has 0 aromatic carbocycles. The van der Waals surface area contributed by atoms with E-state index in [-0.39, 0.29) is 5.91 Å². The maximum atomic E-state index is 11.3. The van der Waals surface area contributed by atoms with Crippen LogP contribution in [0.25, 0.3) is 0 Å². The first-order valence-corrected chi connectivity index (χ1v) is 4.76.